The van der Waals surface area contributed by atoms with Crippen molar-refractivity contribution in [2.75, 3.05) is 45.9 Å². The molecule has 0 unspecified atom stereocenters. The smallest absolute Gasteiger partial charge is 0.158 e. The van der Waals surface area contributed by atoms with Crippen molar-refractivity contribution >= 4 is 0 Å². The highest BCUT2D eigenvalue weighted by molar-refractivity contribution is 4.81. The topological polar surface area (TPSA) is 24.9 Å². The maximum Gasteiger partial charge on any atom is 0.158 e. The Kier molecular flexibility index (Phi) is 8.01. The van der Waals surface area contributed by atoms with E-state index in [1.54, 1.807) is 0 Å². The second kappa shape index (κ2) is 9.78. The molecular formula is C17H34N2O2. The van der Waals surface area contributed by atoms with Crippen molar-refractivity contribution in [3.8, 4) is 0 Å². The maximum atomic E-state index is 5.63. The molecule has 0 aromatic rings. The van der Waals surface area contributed by atoms with Gasteiger partial charge in [-0.15, -0.1) is 0 Å². The molecule has 0 radical (unpaired) electrons. The number of nitrogens with zero attached hydrogens (tertiary/aromatic N) is 2. The molecule has 0 atom stereocenters. The Morgan fingerprint density at radius 2 is 1.52 bits per heavy atom. The molecule has 0 amide bonds. The molecular weight excluding hydrogens is 264 g/mol. The Labute approximate surface area is 130 Å². The summed E-state index contributed by atoms with van der Waals surface area (Å²) >= 11 is 0. The summed E-state index contributed by atoms with van der Waals surface area (Å²) in [7, 11) is 0. The highest BCUT2D eigenvalue weighted by Gasteiger charge is 2.25. The van der Waals surface area contributed by atoms with Crippen LogP contribution in [0.25, 0.3) is 0 Å². The summed E-state index contributed by atoms with van der Waals surface area (Å²) in [4.78, 5) is 5.33. The van der Waals surface area contributed by atoms with Crippen LogP contribution in [0, 0.1) is 0 Å². The summed E-state index contributed by atoms with van der Waals surface area (Å²) in [5.74, 6) is 0. The lowest BCUT2D eigenvalue weighted by molar-refractivity contribution is -0.142. The van der Waals surface area contributed by atoms with Gasteiger partial charge >= 0.3 is 0 Å². The lowest BCUT2D eigenvalue weighted by Gasteiger charge is -2.40. The molecule has 0 bridgehead atoms. The molecule has 0 N–H and O–H groups in total. The number of piperidine rings is 2. The minimum atomic E-state index is -0.0141. The highest BCUT2D eigenvalue weighted by atomic mass is 16.7. The summed E-state index contributed by atoms with van der Waals surface area (Å²) in [6.07, 6.45) is 7.92. The van der Waals surface area contributed by atoms with Crippen LogP contribution in [0.1, 0.15) is 52.4 Å². The zero-order valence-corrected chi connectivity index (χ0v) is 14.1. The number of ether oxygens (including phenoxy) is 2. The number of hydrogen-bond acceptors (Lipinski definition) is 4. The summed E-state index contributed by atoms with van der Waals surface area (Å²) in [5.41, 5.74) is 0. The van der Waals surface area contributed by atoms with E-state index in [2.05, 4.69) is 9.80 Å². The Hall–Kier alpha value is -0.160. The number of hydrogen-bond donors (Lipinski definition) is 0. The van der Waals surface area contributed by atoms with Gasteiger partial charge in [0, 0.05) is 32.2 Å². The number of rotatable bonds is 8. The first kappa shape index (κ1) is 17.2. The second-order valence-electron chi connectivity index (χ2n) is 6.30. The van der Waals surface area contributed by atoms with E-state index in [0.29, 0.717) is 0 Å². The fourth-order valence-electron chi connectivity index (χ4n) is 3.67. The normalized spacial score (nSPS) is 23.0. The molecule has 2 aliphatic heterocycles. The zero-order valence-electron chi connectivity index (χ0n) is 14.1. The first-order valence-electron chi connectivity index (χ1n) is 9.03. The van der Waals surface area contributed by atoms with E-state index in [1.807, 2.05) is 13.8 Å². The van der Waals surface area contributed by atoms with Gasteiger partial charge in [-0.3, -0.25) is 0 Å². The summed E-state index contributed by atoms with van der Waals surface area (Å²) in [6, 6.07) is 0.844. The summed E-state index contributed by atoms with van der Waals surface area (Å²) in [6.45, 7) is 11.8. The van der Waals surface area contributed by atoms with Crippen LogP contribution in [-0.2, 0) is 9.47 Å². The molecule has 2 saturated heterocycles. The van der Waals surface area contributed by atoms with Crippen LogP contribution in [0.15, 0.2) is 0 Å². The van der Waals surface area contributed by atoms with Gasteiger partial charge in [0.15, 0.2) is 6.29 Å². The van der Waals surface area contributed by atoms with E-state index in [0.717, 1.165) is 32.2 Å². The van der Waals surface area contributed by atoms with Gasteiger partial charge in [-0.25, -0.2) is 0 Å². The number of likely N-dealkylation sites (tertiary alicyclic amines) is 2. The molecule has 4 nitrogen and oxygen atoms in total. The average Bonchev–Trinajstić information content (AvgIpc) is 2.54. The Bertz CT molecular complexity index is 256. The Balaban J connectivity index is 1.63. The van der Waals surface area contributed by atoms with Crippen LogP contribution in [0.3, 0.4) is 0 Å². The first-order chi connectivity index (χ1) is 10.3. The van der Waals surface area contributed by atoms with Crippen molar-refractivity contribution in [1.82, 2.24) is 9.80 Å². The van der Waals surface area contributed by atoms with Crippen LogP contribution >= 0.6 is 0 Å². The molecule has 4 heteroatoms. The predicted octanol–water partition coefficient (Wildman–Crippen LogP) is 2.73. The molecule has 0 saturated carbocycles. The molecule has 2 fully saturated rings. The van der Waals surface area contributed by atoms with Crippen LogP contribution in [0.2, 0.25) is 0 Å². The third-order valence-corrected chi connectivity index (χ3v) is 4.85. The monoisotopic (exact) mass is 298 g/mol. The molecule has 0 aliphatic carbocycles. The van der Waals surface area contributed by atoms with Gasteiger partial charge in [-0.2, -0.15) is 0 Å². The molecule has 0 aromatic carbocycles. The standard InChI is InChI=1S/C17H34N2O2/c1-3-20-17(21-4-2)10-15-18-13-8-16(9-14-18)19-11-6-5-7-12-19/h16-17H,3-15H2,1-2H3. The summed E-state index contributed by atoms with van der Waals surface area (Å²) in [5, 5.41) is 0. The lowest BCUT2D eigenvalue weighted by atomic mass is 10.00. The fourth-order valence-corrected chi connectivity index (χ4v) is 3.67. The van der Waals surface area contributed by atoms with E-state index < -0.39 is 0 Å². The summed E-state index contributed by atoms with van der Waals surface area (Å²) < 4.78 is 11.3. The van der Waals surface area contributed by atoms with E-state index in [1.165, 1.54) is 58.3 Å². The molecule has 2 heterocycles. The fraction of sp³-hybridized carbons (Fsp3) is 1.00. The van der Waals surface area contributed by atoms with Crippen molar-refractivity contribution in [2.45, 2.75) is 64.7 Å². The van der Waals surface area contributed by atoms with E-state index >= 15 is 0 Å². The minimum Gasteiger partial charge on any atom is -0.353 e. The van der Waals surface area contributed by atoms with Crippen LogP contribution < -0.4 is 0 Å². The zero-order chi connectivity index (χ0) is 14.9. The van der Waals surface area contributed by atoms with Gasteiger partial charge in [0.1, 0.15) is 0 Å². The SMILES string of the molecule is CCOC(CCN1CCC(N2CCCCC2)CC1)OCC. The minimum absolute atomic E-state index is 0.0141. The van der Waals surface area contributed by atoms with E-state index in [9.17, 15) is 0 Å². The lowest BCUT2D eigenvalue weighted by Crippen LogP contribution is -2.47. The van der Waals surface area contributed by atoms with Gasteiger partial charge < -0.3 is 19.3 Å². The van der Waals surface area contributed by atoms with Gasteiger partial charge in [0.25, 0.3) is 0 Å². The van der Waals surface area contributed by atoms with Crippen LogP contribution in [-0.4, -0.2) is 68.1 Å². The van der Waals surface area contributed by atoms with Crippen molar-refractivity contribution in [2.24, 2.45) is 0 Å². The molecule has 124 valence electrons. The van der Waals surface area contributed by atoms with Crippen molar-refractivity contribution in [3.63, 3.8) is 0 Å². The van der Waals surface area contributed by atoms with E-state index in [-0.39, 0.29) is 6.29 Å². The van der Waals surface area contributed by atoms with Crippen LogP contribution in [0.5, 0.6) is 0 Å². The average molecular weight is 298 g/mol. The van der Waals surface area contributed by atoms with E-state index in [4.69, 9.17) is 9.47 Å². The third kappa shape index (κ3) is 5.85. The molecule has 0 spiro atoms. The van der Waals surface area contributed by atoms with Crippen molar-refractivity contribution in [1.29, 1.82) is 0 Å². The first-order valence-corrected chi connectivity index (χ1v) is 9.03. The molecule has 2 aliphatic rings. The Morgan fingerprint density at radius 1 is 0.905 bits per heavy atom. The van der Waals surface area contributed by atoms with Gasteiger partial charge in [0.05, 0.1) is 0 Å². The van der Waals surface area contributed by atoms with Crippen molar-refractivity contribution in [3.05, 3.63) is 0 Å². The quantitative estimate of drug-likeness (QED) is 0.643. The van der Waals surface area contributed by atoms with Crippen molar-refractivity contribution < 1.29 is 9.47 Å². The van der Waals surface area contributed by atoms with Gasteiger partial charge in [-0.1, -0.05) is 6.42 Å². The van der Waals surface area contributed by atoms with Gasteiger partial charge in [-0.05, 0) is 65.7 Å². The molecule has 2 rings (SSSR count). The Morgan fingerprint density at radius 3 is 2.10 bits per heavy atom. The molecule has 0 aromatic heterocycles. The predicted molar refractivity (Wildman–Crippen MR) is 86.5 cm³/mol. The second-order valence-corrected chi connectivity index (χ2v) is 6.30. The largest absolute Gasteiger partial charge is 0.353 e. The van der Waals surface area contributed by atoms with Crippen LogP contribution in [0.4, 0.5) is 0 Å². The molecule has 21 heavy (non-hydrogen) atoms. The maximum absolute atomic E-state index is 5.63. The highest BCUT2D eigenvalue weighted by Crippen LogP contribution is 2.21. The third-order valence-electron chi connectivity index (χ3n) is 4.85. The van der Waals surface area contributed by atoms with Gasteiger partial charge in [0.2, 0.25) is 0 Å².